The maximum atomic E-state index is 13.4. The number of aromatic nitrogens is 2. The predicted molar refractivity (Wildman–Crippen MR) is 139 cm³/mol. The highest BCUT2D eigenvalue weighted by Crippen LogP contribution is 2.39. The molecule has 1 unspecified atom stereocenters. The van der Waals surface area contributed by atoms with Gasteiger partial charge in [-0.05, 0) is 54.1 Å². The van der Waals surface area contributed by atoms with Crippen LogP contribution in [-0.2, 0) is 6.61 Å². The lowest BCUT2D eigenvalue weighted by Gasteiger charge is -2.12. The Labute approximate surface area is 214 Å². The third-order valence-corrected chi connectivity index (χ3v) is 6.73. The fourth-order valence-corrected chi connectivity index (χ4v) is 4.94. The van der Waals surface area contributed by atoms with Crippen molar-refractivity contribution in [3.63, 3.8) is 0 Å². The molecule has 5 rings (SSSR count). The van der Waals surface area contributed by atoms with Crippen LogP contribution in [0.2, 0.25) is 5.02 Å². The molecular formula is C26H21ClFN3O4S. The van der Waals surface area contributed by atoms with E-state index in [4.69, 9.17) is 26.2 Å². The van der Waals surface area contributed by atoms with E-state index in [0.29, 0.717) is 27.9 Å². The van der Waals surface area contributed by atoms with Crippen LogP contribution >= 0.6 is 22.9 Å². The summed E-state index contributed by atoms with van der Waals surface area (Å²) >= 11 is 7.94. The Morgan fingerprint density at radius 3 is 2.75 bits per heavy atom. The second-order valence-corrected chi connectivity index (χ2v) is 9.44. The van der Waals surface area contributed by atoms with Gasteiger partial charge in [-0.1, -0.05) is 23.7 Å². The molecule has 0 amide bonds. The molecule has 0 aliphatic carbocycles. The van der Waals surface area contributed by atoms with Crippen molar-refractivity contribution in [1.29, 1.82) is 0 Å². The van der Waals surface area contributed by atoms with Gasteiger partial charge >= 0.3 is 0 Å². The van der Waals surface area contributed by atoms with Crippen LogP contribution in [0.5, 0.6) is 11.5 Å². The van der Waals surface area contributed by atoms with Gasteiger partial charge in [0.1, 0.15) is 53.6 Å². The van der Waals surface area contributed by atoms with Crippen molar-refractivity contribution in [3.05, 3.63) is 83.4 Å². The molecular weight excluding hydrogens is 505 g/mol. The van der Waals surface area contributed by atoms with Crippen LogP contribution in [-0.4, -0.2) is 39.5 Å². The summed E-state index contributed by atoms with van der Waals surface area (Å²) in [7, 11) is 0. The minimum atomic E-state index is -0.935. The van der Waals surface area contributed by atoms with Crippen molar-refractivity contribution < 1.29 is 24.1 Å². The third kappa shape index (κ3) is 5.34. The van der Waals surface area contributed by atoms with Crippen molar-refractivity contribution in [2.24, 2.45) is 0 Å². The number of aliphatic hydroxyl groups excluding tert-OH is 2. The first-order chi connectivity index (χ1) is 17.5. The number of nitrogens with one attached hydrogen (secondary N) is 1. The number of nitrogens with zero attached hydrogens (tertiary/aromatic N) is 2. The van der Waals surface area contributed by atoms with Gasteiger partial charge in [-0.25, -0.2) is 14.4 Å². The molecule has 0 saturated heterocycles. The average Bonchev–Trinajstić information content (AvgIpc) is 3.25. The second kappa shape index (κ2) is 10.6. The molecule has 10 heteroatoms. The molecule has 184 valence electrons. The van der Waals surface area contributed by atoms with Crippen molar-refractivity contribution in [3.8, 4) is 11.5 Å². The third-order valence-electron chi connectivity index (χ3n) is 5.37. The molecule has 0 radical (unpaired) electrons. The van der Waals surface area contributed by atoms with E-state index in [1.807, 2.05) is 18.2 Å². The van der Waals surface area contributed by atoms with E-state index in [1.165, 1.54) is 29.8 Å². The minimum Gasteiger partial charge on any atom is -0.491 e. The first-order valence-electron chi connectivity index (χ1n) is 11.0. The van der Waals surface area contributed by atoms with Gasteiger partial charge in [0.15, 0.2) is 0 Å². The van der Waals surface area contributed by atoms with E-state index in [-0.39, 0.29) is 25.6 Å². The Hall–Kier alpha value is -3.50. The molecule has 1 atom stereocenters. The number of aliphatic hydroxyl groups is 2. The molecule has 0 saturated carbocycles. The van der Waals surface area contributed by atoms with E-state index in [2.05, 4.69) is 15.3 Å². The summed E-state index contributed by atoms with van der Waals surface area (Å²) < 4.78 is 25.7. The molecule has 0 aliphatic rings. The highest BCUT2D eigenvalue weighted by molar-refractivity contribution is 7.25. The summed E-state index contributed by atoms with van der Waals surface area (Å²) in [6.07, 6.45) is 0.558. The Bertz CT molecular complexity index is 1530. The summed E-state index contributed by atoms with van der Waals surface area (Å²) in [6, 6.07) is 17.1. The predicted octanol–water partition coefficient (Wildman–Crippen LogP) is 5.69. The standard InChI is InChI=1S/C26H21ClFN3O4S/c27-21-9-17(4-7-22(21)35-12-15-2-1-3-16(28)8-15)31-25-24-20-6-5-19(34-13-18(33)11-32)10-23(20)36-26(24)30-14-29-25/h1-10,14,18,32-33H,11-13H2,(H,29,30,31). The highest BCUT2D eigenvalue weighted by Gasteiger charge is 2.14. The number of hydrogen-bond donors (Lipinski definition) is 3. The first kappa shape index (κ1) is 24.2. The normalized spacial score (nSPS) is 12.1. The summed E-state index contributed by atoms with van der Waals surface area (Å²) in [5, 5.41) is 24.0. The zero-order valence-electron chi connectivity index (χ0n) is 18.8. The maximum absolute atomic E-state index is 13.4. The van der Waals surface area contributed by atoms with Crippen LogP contribution in [0.3, 0.4) is 0 Å². The van der Waals surface area contributed by atoms with Gasteiger partial charge in [-0.2, -0.15) is 0 Å². The van der Waals surface area contributed by atoms with Crippen molar-refractivity contribution in [1.82, 2.24) is 9.97 Å². The van der Waals surface area contributed by atoms with E-state index in [0.717, 1.165) is 26.0 Å². The lowest BCUT2D eigenvalue weighted by molar-refractivity contribution is 0.0536. The molecule has 0 fully saturated rings. The van der Waals surface area contributed by atoms with Crippen molar-refractivity contribution >= 4 is 54.7 Å². The minimum absolute atomic E-state index is 0.00220. The number of anilines is 2. The summed E-state index contributed by atoms with van der Waals surface area (Å²) in [4.78, 5) is 9.65. The number of thiophene rings is 1. The molecule has 0 spiro atoms. The summed E-state index contributed by atoms with van der Waals surface area (Å²) in [5.41, 5.74) is 1.43. The zero-order chi connectivity index (χ0) is 25.1. The zero-order valence-corrected chi connectivity index (χ0v) is 20.4. The summed E-state index contributed by atoms with van der Waals surface area (Å²) in [5.74, 6) is 1.38. The van der Waals surface area contributed by atoms with Gasteiger partial charge in [0.05, 0.1) is 17.0 Å². The number of benzene rings is 3. The molecule has 0 bridgehead atoms. The van der Waals surface area contributed by atoms with Crippen molar-refractivity contribution in [2.75, 3.05) is 18.5 Å². The Morgan fingerprint density at radius 1 is 1.06 bits per heavy atom. The Kier molecular flexibility index (Phi) is 7.15. The van der Waals surface area contributed by atoms with Gasteiger partial charge in [-0.3, -0.25) is 0 Å². The van der Waals surface area contributed by atoms with E-state index in [1.54, 1.807) is 30.3 Å². The fraction of sp³-hybridized carbons (Fsp3) is 0.154. The molecule has 7 nitrogen and oxygen atoms in total. The number of ether oxygens (including phenoxy) is 2. The topological polar surface area (TPSA) is 96.7 Å². The number of fused-ring (bicyclic) bond motifs is 3. The van der Waals surface area contributed by atoms with Gasteiger partial charge in [0.2, 0.25) is 0 Å². The molecule has 3 aromatic carbocycles. The van der Waals surface area contributed by atoms with Gasteiger partial charge < -0.3 is 25.0 Å². The van der Waals surface area contributed by atoms with Crippen LogP contribution in [0.25, 0.3) is 20.3 Å². The molecule has 0 aliphatic heterocycles. The van der Waals surface area contributed by atoms with Crippen molar-refractivity contribution in [2.45, 2.75) is 12.7 Å². The summed E-state index contributed by atoms with van der Waals surface area (Å²) in [6.45, 7) is -0.162. The van der Waals surface area contributed by atoms with Gasteiger partial charge in [-0.15, -0.1) is 11.3 Å². The van der Waals surface area contributed by atoms with Gasteiger partial charge in [0.25, 0.3) is 0 Å². The van der Waals surface area contributed by atoms with Crippen LogP contribution in [0, 0.1) is 5.82 Å². The van der Waals surface area contributed by atoms with Crippen LogP contribution in [0.4, 0.5) is 15.9 Å². The molecule has 5 aromatic rings. The molecule has 3 N–H and O–H groups in total. The second-order valence-electron chi connectivity index (χ2n) is 8.00. The maximum Gasteiger partial charge on any atom is 0.143 e. The van der Waals surface area contributed by atoms with E-state index in [9.17, 15) is 9.50 Å². The number of hydrogen-bond acceptors (Lipinski definition) is 8. The van der Waals surface area contributed by atoms with E-state index >= 15 is 0 Å². The fourth-order valence-electron chi connectivity index (χ4n) is 3.64. The molecule has 2 heterocycles. The first-order valence-corrected chi connectivity index (χ1v) is 12.2. The quantitative estimate of drug-likeness (QED) is 0.227. The Balaban J connectivity index is 1.36. The van der Waals surface area contributed by atoms with Crippen LogP contribution in [0.15, 0.2) is 67.0 Å². The monoisotopic (exact) mass is 525 g/mol. The number of halogens is 2. The molecule has 2 aromatic heterocycles. The lowest BCUT2D eigenvalue weighted by Crippen LogP contribution is -2.21. The van der Waals surface area contributed by atoms with Crippen LogP contribution in [0.1, 0.15) is 5.56 Å². The SMILES string of the molecule is OCC(O)COc1ccc2c(c1)sc1ncnc(Nc3ccc(OCc4cccc(F)c4)c(Cl)c3)c12. The lowest BCUT2D eigenvalue weighted by atomic mass is 10.2. The highest BCUT2D eigenvalue weighted by atomic mass is 35.5. The average molecular weight is 526 g/mol. The smallest absolute Gasteiger partial charge is 0.143 e. The van der Waals surface area contributed by atoms with Crippen LogP contribution < -0.4 is 14.8 Å². The van der Waals surface area contributed by atoms with E-state index < -0.39 is 6.10 Å². The van der Waals surface area contributed by atoms with Gasteiger partial charge in [0, 0.05) is 15.8 Å². The number of rotatable bonds is 9. The largest absolute Gasteiger partial charge is 0.491 e. The molecule has 36 heavy (non-hydrogen) atoms. The Morgan fingerprint density at radius 2 is 1.94 bits per heavy atom.